The number of hydrogen-bond acceptors (Lipinski definition) is 4. The van der Waals surface area contributed by atoms with Gasteiger partial charge in [-0.25, -0.2) is 9.78 Å². The summed E-state index contributed by atoms with van der Waals surface area (Å²) >= 11 is 0. The molecule has 4 rings (SSSR count). The molecule has 0 radical (unpaired) electrons. The van der Waals surface area contributed by atoms with Crippen molar-refractivity contribution in [1.82, 2.24) is 9.88 Å². The molecule has 1 aliphatic heterocycles. The average molecular weight is 417 g/mol. The van der Waals surface area contributed by atoms with Crippen molar-refractivity contribution in [2.24, 2.45) is 11.8 Å². The van der Waals surface area contributed by atoms with Crippen LogP contribution >= 0.6 is 0 Å². The van der Waals surface area contributed by atoms with Crippen molar-refractivity contribution in [3.05, 3.63) is 65.7 Å². The standard InChI is InChI=1S/C26H28N2O3/c1-17-13-18(2)15-28(14-17)23(29)16-31-26(30)24-19(3)25(20-9-5-4-6-10-20)27-22-12-8-7-11-21(22)24/h4-12,17-18H,13-16H2,1-3H3/t17-,18-/m0/s1. The lowest BCUT2D eigenvalue weighted by Gasteiger charge is -2.34. The van der Waals surface area contributed by atoms with Gasteiger partial charge >= 0.3 is 5.97 Å². The third-order valence-corrected chi connectivity index (χ3v) is 5.94. The Bertz CT molecular complexity index is 1100. The number of para-hydroxylation sites is 1. The molecule has 2 atom stereocenters. The number of rotatable bonds is 4. The molecule has 0 spiro atoms. The third kappa shape index (κ3) is 4.46. The van der Waals surface area contributed by atoms with E-state index < -0.39 is 5.97 Å². The van der Waals surface area contributed by atoms with Crippen molar-refractivity contribution in [2.45, 2.75) is 27.2 Å². The first-order valence-electron chi connectivity index (χ1n) is 10.8. The number of carbonyl (C=O) groups excluding carboxylic acids is 2. The fourth-order valence-electron chi connectivity index (χ4n) is 4.60. The highest BCUT2D eigenvalue weighted by Gasteiger charge is 2.27. The molecule has 5 nitrogen and oxygen atoms in total. The van der Waals surface area contributed by atoms with Crippen molar-refractivity contribution in [1.29, 1.82) is 0 Å². The average Bonchev–Trinajstić information content (AvgIpc) is 2.76. The van der Waals surface area contributed by atoms with Gasteiger partial charge in [-0.2, -0.15) is 0 Å². The minimum Gasteiger partial charge on any atom is -0.452 e. The van der Waals surface area contributed by atoms with Gasteiger partial charge < -0.3 is 9.64 Å². The number of piperidine rings is 1. The van der Waals surface area contributed by atoms with Crippen molar-refractivity contribution in [3.8, 4) is 11.3 Å². The summed E-state index contributed by atoms with van der Waals surface area (Å²) in [7, 11) is 0. The first kappa shape index (κ1) is 21.0. The van der Waals surface area contributed by atoms with Crippen LogP contribution in [0.3, 0.4) is 0 Å². The zero-order chi connectivity index (χ0) is 22.0. The van der Waals surface area contributed by atoms with Crippen molar-refractivity contribution in [3.63, 3.8) is 0 Å². The van der Waals surface area contributed by atoms with Crippen LogP contribution in [-0.2, 0) is 9.53 Å². The molecule has 0 bridgehead atoms. The number of carbonyl (C=O) groups is 2. The third-order valence-electron chi connectivity index (χ3n) is 5.94. The molecule has 1 aliphatic rings. The van der Waals surface area contributed by atoms with E-state index in [0.717, 1.165) is 47.2 Å². The van der Waals surface area contributed by atoms with Crippen LogP contribution in [0.25, 0.3) is 22.2 Å². The molecule has 5 heteroatoms. The number of fused-ring (bicyclic) bond motifs is 1. The maximum Gasteiger partial charge on any atom is 0.339 e. The van der Waals surface area contributed by atoms with Crippen LogP contribution in [0.1, 0.15) is 36.2 Å². The minimum absolute atomic E-state index is 0.133. The molecule has 2 heterocycles. The van der Waals surface area contributed by atoms with Gasteiger partial charge in [-0.1, -0.05) is 62.4 Å². The van der Waals surface area contributed by atoms with Gasteiger partial charge in [-0.15, -0.1) is 0 Å². The Morgan fingerprint density at radius 1 is 1.00 bits per heavy atom. The van der Waals surface area contributed by atoms with E-state index in [4.69, 9.17) is 9.72 Å². The monoisotopic (exact) mass is 416 g/mol. The summed E-state index contributed by atoms with van der Waals surface area (Å²) in [4.78, 5) is 32.5. The molecule has 0 saturated carbocycles. The number of pyridine rings is 1. The minimum atomic E-state index is -0.486. The van der Waals surface area contributed by atoms with E-state index in [1.807, 2.05) is 66.4 Å². The largest absolute Gasteiger partial charge is 0.452 e. The molecule has 1 saturated heterocycles. The quantitative estimate of drug-likeness (QED) is 0.569. The number of ether oxygens (including phenoxy) is 1. The second kappa shape index (κ2) is 8.88. The van der Waals surface area contributed by atoms with Crippen LogP contribution in [0.4, 0.5) is 0 Å². The summed E-state index contributed by atoms with van der Waals surface area (Å²) in [6, 6.07) is 17.3. The Hall–Kier alpha value is -3.21. The van der Waals surface area contributed by atoms with Crippen LogP contribution in [0.15, 0.2) is 54.6 Å². The first-order valence-corrected chi connectivity index (χ1v) is 10.8. The number of nitrogens with zero attached hydrogens (tertiary/aromatic N) is 2. The van der Waals surface area contributed by atoms with Crippen LogP contribution < -0.4 is 0 Å². The molecule has 1 amide bonds. The molecule has 160 valence electrons. The summed E-state index contributed by atoms with van der Waals surface area (Å²) in [6.07, 6.45) is 1.12. The van der Waals surface area contributed by atoms with Crippen molar-refractivity contribution in [2.75, 3.05) is 19.7 Å². The summed E-state index contributed by atoms with van der Waals surface area (Å²) in [5.74, 6) is 0.303. The fraction of sp³-hybridized carbons (Fsp3) is 0.346. The maximum absolute atomic E-state index is 13.2. The molecule has 31 heavy (non-hydrogen) atoms. The fourth-order valence-corrected chi connectivity index (χ4v) is 4.60. The van der Waals surface area contributed by atoms with E-state index in [9.17, 15) is 9.59 Å². The second-order valence-corrected chi connectivity index (χ2v) is 8.66. The van der Waals surface area contributed by atoms with Gasteiger partial charge in [-0.05, 0) is 36.8 Å². The summed E-state index contributed by atoms with van der Waals surface area (Å²) < 4.78 is 5.54. The molecular weight excluding hydrogens is 388 g/mol. The zero-order valence-corrected chi connectivity index (χ0v) is 18.3. The Morgan fingerprint density at radius 3 is 2.35 bits per heavy atom. The van der Waals surface area contributed by atoms with Crippen LogP contribution in [0, 0.1) is 18.8 Å². The lowest BCUT2D eigenvalue weighted by Crippen LogP contribution is -2.44. The van der Waals surface area contributed by atoms with Crippen molar-refractivity contribution < 1.29 is 14.3 Å². The van der Waals surface area contributed by atoms with Gasteiger partial charge in [0.1, 0.15) is 0 Å². The summed E-state index contributed by atoms with van der Waals surface area (Å²) in [5, 5.41) is 0.734. The molecule has 3 aromatic rings. The Morgan fingerprint density at radius 2 is 1.65 bits per heavy atom. The van der Waals surface area contributed by atoms with Gasteiger partial charge in [0.25, 0.3) is 5.91 Å². The Labute approximate surface area is 183 Å². The number of amides is 1. The van der Waals surface area contributed by atoms with E-state index in [-0.39, 0.29) is 12.5 Å². The predicted octanol–water partition coefficient (Wildman–Crippen LogP) is 4.87. The molecule has 0 N–H and O–H groups in total. The lowest BCUT2D eigenvalue weighted by atomic mass is 9.92. The topological polar surface area (TPSA) is 59.5 Å². The van der Waals surface area contributed by atoms with Crippen LogP contribution in [0.2, 0.25) is 0 Å². The van der Waals surface area contributed by atoms with Gasteiger partial charge in [0.15, 0.2) is 6.61 Å². The summed E-state index contributed by atoms with van der Waals surface area (Å²) in [6.45, 7) is 7.38. The van der Waals surface area contributed by atoms with E-state index in [1.165, 1.54) is 0 Å². The highest BCUT2D eigenvalue weighted by molar-refractivity contribution is 6.06. The lowest BCUT2D eigenvalue weighted by molar-refractivity contribution is -0.137. The first-order chi connectivity index (χ1) is 14.9. The molecule has 1 aromatic heterocycles. The van der Waals surface area contributed by atoms with Gasteiger partial charge in [0, 0.05) is 24.0 Å². The van der Waals surface area contributed by atoms with Gasteiger partial charge in [-0.3, -0.25) is 4.79 Å². The van der Waals surface area contributed by atoms with Gasteiger partial charge in [0.05, 0.1) is 16.8 Å². The van der Waals surface area contributed by atoms with E-state index in [2.05, 4.69) is 13.8 Å². The summed E-state index contributed by atoms with van der Waals surface area (Å²) in [5.41, 5.74) is 3.63. The van der Waals surface area contributed by atoms with Gasteiger partial charge in [0.2, 0.25) is 0 Å². The van der Waals surface area contributed by atoms with Crippen LogP contribution in [0.5, 0.6) is 0 Å². The number of esters is 1. The van der Waals surface area contributed by atoms with E-state index >= 15 is 0 Å². The van der Waals surface area contributed by atoms with E-state index in [0.29, 0.717) is 17.4 Å². The molecule has 1 fully saturated rings. The number of benzene rings is 2. The van der Waals surface area contributed by atoms with E-state index in [1.54, 1.807) is 0 Å². The Kier molecular flexibility index (Phi) is 6.03. The molecule has 0 unspecified atom stereocenters. The normalized spacial score (nSPS) is 18.7. The SMILES string of the molecule is Cc1c(-c2ccccc2)nc2ccccc2c1C(=O)OCC(=O)N1C[C@@H](C)C[C@H](C)C1. The van der Waals surface area contributed by atoms with Crippen LogP contribution in [-0.4, -0.2) is 41.5 Å². The predicted molar refractivity (Wildman–Crippen MR) is 122 cm³/mol. The molecule has 2 aromatic carbocycles. The molecule has 0 aliphatic carbocycles. The zero-order valence-electron chi connectivity index (χ0n) is 18.3. The molecular formula is C26H28N2O3. The number of aromatic nitrogens is 1. The maximum atomic E-state index is 13.2. The van der Waals surface area contributed by atoms with Crippen molar-refractivity contribution >= 4 is 22.8 Å². The second-order valence-electron chi connectivity index (χ2n) is 8.66. The highest BCUT2D eigenvalue weighted by Crippen LogP contribution is 2.30. The smallest absolute Gasteiger partial charge is 0.339 e. The number of likely N-dealkylation sites (tertiary alicyclic amines) is 1. The Balaban J connectivity index is 1.62. The highest BCUT2D eigenvalue weighted by atomic mass is 16.5. The number of hydrogen-bond donors (Lipinski definition) is 0.